The highest BCUT2D eigenvalue weighted by molar-refractivity contribution is 7.47. The molecule has 0 aliphatic rings. The first-order chi connectivity index (χ1) is 22.3. The minimum atomic E-state index is -4.37. The van der Waals surface area contributed by atoms with E-state index in [9.17, 15) is 24.5 Å². The van der Waals surface area contributed by atoms with Gasteiger partial charge in [0.25, 0.3) is 0 Å². The first-order valence-electron chi connectivity index (χ1n) is 18.5. The molecule has 0 bridgehead atoms. The van der Waals surface area contributed by atoms with Gasteiger partial charge in [-0.15, -0.1) is 0 Å². The number of carbonyl (C=O) groups is 1. The highest BCUT2D eigenvalue weighted by atomic mass is 31.2. The quantitative estimate of drug-likeness (QED) is 0.0259. The first kappa shape index (κ1) is 44.9. The van der Waals surface area contributed by atoms with Crippen LogP contribution in [0.15, 0.2) is 24.3 Å². The number of aliphatic hydroxyl groups excluding tert-OH is 2. The second kappa shape index (κ2) is 32.5. The molecule has 0 spiro atoms. The standard InChI is InChI=1S/C36H71N2O7P/c1-3-5-7-9-11-13-15-16-18-19-21-23-25-27-33(39)31-36(41)38-34(32-45-46(42,43)44-30-29-37)35(40)28-26-24-22-20-17-14-12-10-8-6-4-2/h11,13,15-16,33-35,39-40H,3-10,12,14,17-32,37H2,1-2H3,(H,38,41)(H,42,43)/b13-11-,16-15-. The Morgan fingerprint density at radius 2 is 1.22 bits per heavy atom. The molecule has 0 rings (SSSR count). The van der Waals surface area contributed by atoms with Gasteiger partial charge in [0.1, 0.15) is 0 Å². The summed E-state index contributed by atoms with van der Waals surface area (Å²) in [4.78, 5) is 22.6. The van der Waals surface area contributed by atoms with E-state index in [1.807, 2.05) is 0 Å². The van der Waals surface area contributed by atoms with Crippen LogP contribution in [0.5, 0.6) is 0 Å². The Kier molecular flexibility index (Phi) is 31.7. The van der Waals surface area contributed by atoms with Crippen LogP contribution in [0.1, 0.15) is 162 Å². The van der Waals surface area contributed by atoms with Crippen LogP contribution < -0.4 is 11.1 Å². The third kappa shape index (κ3) is 30.3. The maximum atomic E-state index is 12.7. The molecule has 0 radical (unpaired) electrons. The smallest absolute Gasteiger partial charge is 0.393 e. The van der Waals surface area contributed by atoms with E-state index >= 15 is 0 Å². The molecule has 6 N–H and O–H groups in total. The average molecular weight is 675 g/mol. The number of phosphoric ester groups is 1. The summed E-state index contributed by atoms with van der Waals surface area (Å²) in [6.45, 7) is 3.96. The van der Waals surface area contributed by atoms with Gasteiger partial charge in [-0.1, -0.05) is 141 Å². The maximum absolute atomic E-state index is 12.7. The first-order valence-corrected chi connectivity index (χ1v) is 20.0. The second-order valence-corrected chi connectivity index (χ2v) is 14.1. The molecule has 0 aliphatic heterocycles. The minimum Gasteiger partial charge on any atom is -0.393 e. The summed E-state index contributed by atoms with van der Waals surface area (Å²) >= 11 is 0. The van der Waals surface area contributed by atoms with Crippen molar-refractivity contribution in [3.8, 4) is 0 Å². The topological polar surface area (TPSA) is 151 Å². The molecule has 0 aliphatic carbocycles. The molecule has 4 atom stereocenters. The molecule has 0 aromatic heterocycles. The number of phosphoric acid groups is 1. The summed E-state index contributed by atoms with van der Waals surface area (Å²) < 4.78 is 22.0. The molecule has 0 saturated carbocycles. The largest absolute Gasteiger partial charge is 0.472 e. The Balaban J connectivity index is 4.42. The third-order valence-electron chi connectivity index (χ3n) is 8.14. The summed E-state index contributed by atoms with van der Waals surface area (Å²) in [6.07, 6.45) is 30.7. The minimum absolute atomic E-state index is 0.0569. The molecule has 0 heterocycles. The lowest BCUT2D eigenvalue weighted by Crippen LogP contribution is -2.47. The van der Waals surface area contributed by atoms with Crippen LogP contribution in [-0.4, -0.2) is 59.0 Å². The number of amides is 1. The SMILES string of the molecule is CCCCC/C=C\C=C/CCCCCCC(O)CC(=O)NC(COP(=O)(O)OCCN)C(O)CCCCCCCCCCCCC. The van der Waals surface area contributed by atoms with Crippen LogP contribution >= 0.6 is 7.82 Å². The summed E-state index contributed by atoms with van der Waals surface area (Å²) in [7, 11) is -4.37. The fourth-order valence-electron chi connectivity index (χ4n) is 5.29. The number of unbranched alkanes of at least 4 members (excludes halogenated alkanes) is 17. The van der Waals surface area contributed by atoms with Gasteiger partial charge >= 0.3 is 7.82 Å². The number of nitrogens with two attached hydrogens (primary N) is 1. The molecular formula is C36H71N2O7P. The summed E-state index contributed by atoms with van der Waals surface area (Å²) in [5.41, 5.74) is 5.34. The van der Waals surface area contributed by atoms with Crippen molar-refractivity contribution in [1.29, 1.82) is 0 Å². The van der Waals surface area contributed by atoms with Crippen LogP contribution in [0.2, 0.25) is 0 Å². The molecule has 9 nitrogen and oxygen atoms in total. The predicted molar refractivity (Wildman–Crippen MR) is 191 cm³/mol. The lowest BCUT2D eigenvalue weighted by atomic mass is 10.0. The van der Waals surface area contributed by atoms with E-state index in [4.69, 9.17) is 14.8 Å². The van der Waals surface area contributed by atoms with Gasteiger partial charge in [-0.3, -0.25) is 13.8 Å². The number of allylic oxidation sites excluding steroid dienone is 4. The summed E-state index contributed by atoms with van der Waals surface area (Å²) in [5, 5.41) is 24.0. The normalized spacial score (nSPS) is 15.3. The van der Waals surface area contributed by atoms with Gasteiger partial charge in [0.05, 0.1) is 37.9 Å². The molecule has 46 heavy (non-hydrogen) atoms. The number of carbonyl (C=O) groups excluding carboxylic acids is 1. The van der Waals surface area contributed by atoms with Gasteiger partial charge in [-0.25, -0.2) is 4.57 Å². The van der Waals surface area contributed by atoms with Crippen LogP contribution in [-0.2, 0) is 18.4 Å². The molecule has 10 heteroatoms. The Labute approximate surface area is 281 Å². The molecular weight excluding hydrogens is 603 g/mol. The van der Waals surface area contributed by atoms with Gasteiger partial charge in [0, 0.05) is 6.54 Å². The van der Waals surface area contributed by atoms with Gasteiger partial charge in [-0.2, -0.15) is 0 Å². The van der Waals surface area contributed by atoms with Crippen molar-refractivity contribution in [2.24, 2.45) is 5.73 Å². The Hall–Kier alpha value is -1.06. The lowest BCUT2D eigenvalue weighted by Gasteiger charge is -2.25. The lowest BCUT2D eigenvalue weighted by molar-refractivity contribution is -0.125. The van der Waals surface area contributed by atoms with Crippen LogP contribution in [0.25, 0.3) is 0 Å². The molecule has 0 fully saturated rings. The fraction of sp³-hybridized carbons (Fsp3) is 0.861. The zero-order chi connectivity index (χ0) is 34.1. The molecule has 0 aromatic rings. The highest BCUT2D eigenvalue weighted by Crippen LogP contribution is 2.43. The number of hydrogen-bond acceptors (Lipinski definition) is 7. The van der Waals surface area contributed by atoms with Crippen molar-refractivity contribution in [2.45, 2.75) is 180 Å². The zero-order valence-electron chi connectivity index (χ0n) is 29.4. The Morgan fingerprint density at radius 3 is 1.78 bits per heavy atom. The van der Waals surface area contributed by atoms with Crippen LogP contribution in [0.3, 0.4) is 0 Å². The molecule has 1 amide bonds. The molecule has 4 unspecified atom stereocenters. The molecule has 0 aromatic carbocycles. The van der Waals surface area contributed by atoms with Gasteiger partial charge in [0.2, 0.25) is 5.91 Å². The van der Waals surface area contributed by atoms with Crippen LogP contribution in [0.4, 0.5) is 0 Å². The second-order valence-electron chi connectivity index (χ2n) is 12.7. The fourth-order valence-corrected chi connectivity index (χ4v) is 6.05. The molecule has 0 saturated heterocycles. The van der Waals surface area contributed by atoms with Gasteiger partial charge < -0.3 is 26.2 Å². The van der Waals surface area contributed by atoms with E-state index in [2.05, 4.69) is 43.5 Å². The van der Waals surface area contributed by atoms with Crippen molar-refractivity contribution in [3.05, 3.63) is 24.3 Å². The van der Waals surface area contributed by atoms with E-state index in [-0.39, 0.29) is 26.2 Å². The highest BCUT2D eigenvalue weighted by Gasteiger charge is 2.28. The monoisotopic (exact) mass is 674 g/mol. The van der Waals surface area contributed by atoms with Gasteiger partial charge in [0.15, 0.2) is 0 Å². The van der Waals surface area contributed by atoms with E-state index < -0.39 is 32.0 Å². The summed E-state index contributed by atoms with van der Waals surface area (Å²) in [5.74, 6) is -0.428. The third-order valence-corrected chi connectivity index (χ3v) is 9.12. The predicted octanol–water partition coefficient (Wildman–Crippen LogP) is 8.41. The average Bonchev–Trinajstić information content (AvgIpc) is 3.03. The van der Waals surface area contributed by atoms with Crippen LogP contribution in [0, 0.1) is 0 Å². The number of nitrogens with one attached hydrogen (secondary N) is 1. The number of rotatable bonds is 34. The van der Waals surface area contributed by atoms with E-state index in [0.29, 0.717) is 12.8 Å². The van der Waals surface area contributed by atoms with E-state index in [1.165, 1.54) is 70.6 Å². The van der Waals surface area contributed by atoms with E-state index in [0.717, 1.165) is 57.8 Å². The van der Waals surface area contributed by atoms with Crippen molar-refractivity contribution in [3.63, 3.8) is 0 Å². The van der Waals surface area contributed by atoms with Crippen molar-refractivity contribution < 1.29 is 33.5 Å². The zero-order valence-corrected chi connectivity index (χ0v) is 30.3. The Morgan fingerprint density at radius 1 is 0.739 bits per heavy atom. The van der Waals surface area contributed by atoms with Crippen molar-refractivity contribution >= 4 is 13.7 Å². The number of aliphatic hydroxyl groups is 2. The van der Waals surface area contributed by atoms with Crippen molar-refractivity contribution in [2.75, 3.05) is 19.8 Å². The van der Waals surface area contributed by atoms with Gasteiger partial charge in [-0.05, 0) is 38.5 Å². The molecule has 272 valence electrons. The number of hydrogen-bond donors (Lipinski definition) is 5. The Bertz CT molecular complexity index is 796. The van der Waals surface area contributed by atoms with Crippen molar-refractivity contribution in [1.82, 2.24) is 5.32 Å². The van der Waals surface area contributed by atoms with E-state index in [1.54, 1.807) is 0 Å². The summed E-state index contributed by atoms with van der Waals surface area (Å²) in [6, 6.07) is -0.899. The maximum Gasteiger partial charge on any atom is 0.472 e.